The summed E-state index contributed by atoms with van der Waals surface area (Å²) in [5.41, 5.74) is 0.927. The highest BCUT2D eigenvalue weighted by Gasteiger charge is 2.17. The third kappa shape index (κ3) is 4.52. The van der Waals surface area contributed by atoms with Crippen LogP contribution in [0, 0.1) is 15.9 Å². The number of rotatable bonds is 7. The second-order valence-electron chi connectivity index (χ2n) is 5.58. The molecule has 0 spiro atoms. The van der Waals surface area contributed by atoms with Crippen LogP contribution in [-0.4, -0.2) is 33.3 Å². The molecular formula is C18H15FN4O4S. The Kier molecular flexibility index (Phi) is 5.99. The molecule has 28 heavy (non-hydrogen) atoms. The first-order valence-corrected chi connectivity index (χ1v) is 9.23. The molecule has 0 fully saturated rings. The number of hydrogen-bond donors (Lipinski definition) is 0. The summed E-state index contributed by atoms with van der Waals surface area (Å²) in [7, 11) is 0. The second-order valence-corrected chi connectivity index (χ2v) is 6.51. The summed E-state index contributed by atoms with van der Waals surface area (Å²) in [5.74, 6) is -0.401. The summed E-state index contributed by atoms with van der Waals surface area (Å²) in [5, 5.41) is 18.8. The molecule has 0 unspecified atom stereocenters. The van der Waals surface area contributed by atoms with Crippen molar-refractivity contribution in [3.63, 3.8) is 0 Å². The van der Waals surface area contributed by atoms with Crippen LogP contribution in [0.15, 0.2) is 58.2 Å². The van der Waals surface area contributed by atoms with Crippen molar-refractivity contribution >= 4 is 29.0 Å². The van der Waals surface area contributed by atoms with E-state index in [0.717, 1.165) is 11.8 Å². The molecule has 1 aromatic heterocycles. The van der Waals surface area contributed by atoms with Gasteiger partial charge in [0.25, 0.3) is 10.9 Å². The lowest BCUT2D eigenvalue weighted by Crippen LogP contribution is -2.32. The molecule has 2 aromatic carbocycles. The highest BCUT2D eigenvalue weighted by atomic mass is 32.2. The molecule has 0 aliphatic heterocycles. The van der Waals surface area contributed by atoms with E-state index in [-0.39, 0.29) is 34.3 Å². The molecule has 0 aliphatic rings. The van der Waals surface area contributed by atoms with Gasteiger partial charge in [0, 0.05) is 29.9 Å². The van der Waals surface area contributed by atoms with Gasteiger partial charge in [-0.1, -0.05) is 17.8 Å². The fraction of sp³-hybridized carbons (Fsp3) is 0.167. The van der Waals surface area contributed by atoms with E-state index in [9.17, 15) is 19.3 Å². The highest BCUT2D eigenvalue weighted by Crippen LogP contribution is 2.26. The Morgan fingerprint density at radius 3 is 2.68 bits per heavy atom. The number of halogens is 1. The second kappa shape index (κ2) is 8.61. The van der Waals surface area contributed by atoms with Crippen molar-refractivity contribution in [2.45, 2.75) is 12.1 Å². The maximum absolute atomic E-state index is 13.1. The number of thioether (sulfide) groups is 1. The summed E-state index contributed by atoms with van der Waals surface area (Å²) in [4.78, 5) is 24.4. The molecule has 1 heterocycles. The molecule has 0 saturated carbocycles. The molecule has 10 heteroatoms. The molecule has 3 rings (SSSR count). The molecular weight excluding hydrogens is 387 g/mol. The van der Waals surface area contributed by atoms with Crippen molar-refractivity contribution in [3.8, 4) is 11.5 Å². The Morgan fingerprint density at radius 1 is 1.25 bits per heavy atom. The number of carbonyl (C=O) groups is 1. The Hall–Kier alpha value is -3.27. The fourth-order valence-corrected chi connectivity index (χ4v) is 3.10. The minimum atomic E-state index is -0.511. The van der Waals surface area contributed by atoms with Crippen LogP contribution >= 0.6 is 11.8 Å². The van der Waals surface area contributed by atoms with Crippen LogP contribution in [0.25, 0.3) is 11.5 Å². The molecule has 1 amide bonds. The van der Waals surface area contributed by atoms with Gasteiger partial charge in [-0.25, -0.2) is 4.39 Å². The van der Waals surface area contributed by atoms with Gasteiger partial charge in [-0.3, -0.25) is 14.9 Å². The van der Waals surface area contributed by atoms with Crippen molar-refractivity contribution in [2.24, 2.45) is 0 Å². The van der Waals surface area contributed by atoms with E-state index in [1.165, 1.54) is 47.4 Å². The Balaban J connectivity index is 1.66. The number of nitro groups is 1. The first-order chi connectivity index (χ1) is 13.5. The normalized spacial score (nSPS) is 10.6. The first kappa shape index (κ1) is 19.5. The van der Waals surface area contributed by atoms with E-state index in [1.54, 1.807) is 6.07 Å². The average Bonchev–Trinajstić information content (AvgIpc) is 3.17. The third-order valence-electron chi connectivity index (χ3n) is 3.79. The minimum Gasteiger partial charge on any atom is -0.411 e. The summed E-state index contributed by atoms with van der Waals surface area (Å²) in [6.45, 7) is 2.24. The minimum absolute atomic E-state index is 0.0434. The van der Waals surface area contributed by atoms with Gasteiger partial charge < -0.3 is 9.32 Å². The van der Waals surface area contributed by atoms with Gasteiger partial charge in [0.2, 0.25) is 11.8 Å². The number of hydrogen-bond acceptors (Lipinski definition) is 7. The molecule has 8 nitrogen and oxygen atoms in total. The van der Waals surface area contributed by atoms with Crippen LogP contribution in [-0.2, 0) is 4.79 Å². The van der Waals surface area contributed by atoms with Gasteiger partial charge in [-0.2, -0.15) is 0 Å². The summed E-state index contributed by atoms with van der Waals surface area (Å²) in [6, 6.07) is 11.5. The van der Waals surface area contributed by atoms with Crippen molar-refractivity contribution in [1.82, 2.24) is 10.2 Å². The van der Waals surface area contributed by atoms with Gasteiger partial charge in [-0.05, 0) is 37.3 Å². The number of anilines is 1. The number of nitrogens with zero attached hydrogens (tertiary/aromatic N) is 4. The fourth-order valence-electron chi connectivity index (χ4n) is 2.46. The molecule has 0 saturated heterocycles. The van der Waals surface area contributed by atoms with Gasteiger partial charge in [-0.15, -0.1) is 10.2 Å². The van der Waals surface area contributed by atoms with Crippen LogP contribution < -0.4 is 4.90 Å². The van der Waals surface area contributed by atoms with E-state index in [0.29, 0.717) is 17.8 Å². The lowest BCUT2D eigenvalue weighted by atomic mass is 10.2. The van der Waals surface area contributed by atoms with Crippen molar-refractivity contribution in [1.29, 1.82) is 0 Å². The zero-order valence-corrected chi connectivity index (χ0v) is 15.6. The Labute approximate surface area is 163 Å². The SMILES string of the molecule is CCN(C(=O)CSc1nnc(-c2cccc([N+](=O)[O-])c2)o1)c1ccc(F)cc1. The Morgan fingerprint density at radius 2 is 2.00 bits per heavy atom. The van der Waals surface area contributed by atoms with Crippen LogP contribution in [0.1, 0.15) is 6.92 Å². The Bertz CT molecular complexity index is 993. The monoisotopic (exact) mass is 402 g/mol. The molecule has 0 bridgehead atoms. The van der Waals surface area contributed by atoms with Crippen LogP contribution in [0.3, 0.4) is 0 Å². The lowest BCUT2D eigenvalue weighted by Gasteiger charge is -2.20. The van der Waals surface area contributed by atoms with E-state index in [2.05, 4.69) is 10.2 Å². The maximum atomic E-state index is 13.1. The van der Waals surface area contributed by atoms with E-state index in [1.807, 2.05) is 6.92 Å². The van der Waals surface area contributed by atoms with Crippen LogP contribution in [0.2, 0.25) is 0 Å². The maximum Gasteiger partial charge on any atom is 0.277 e. The smallest absolute Gasteiger partial charge is 0.277 e. The lowest BCUT2D eigenvalue weighted by molar-refractivity contribution is -0.384. The molecule has 0 N–H and O–H groups in total. The first-order valence-electron chi connectivity index (χ1n) is 8.25. The van der Waals surface area contributed by atoms with Crippen LogP contribution in [0.5, 0.6) is 0 Å². The molecule has 0 atom stereocenters. The predicted octanol–water partition coefficient (Wildman–Crippen LogP) is 3.93. The quantitative estimate of drug-likeness (QED) is 0.335. The van der Waals surface area contributed by atoms with E-state index < -0.39 is 4.92 Å². The average molecular weight is 402 g/mol. The number of non-ortho nitro benzene ring substituents is 1. The zero-order valence-electron chi connectivity index (χ0n) is 14.7. The van der Waals surface area contributed by atoms with Crippen LogP contribution in [0.4, 0.5) is 15.8 Å². The third-order valence-corrected chi connectivity index (χ3v) is 4.59. The van der Waals surface area contributed by atoms with E-state index >= 15 is 0 Å². The number of benzene rings is 2. The number of carbonyl (C=O) groups excluding carboxylic acids is 1. The standard InChI is InChI=1S/C18H15FN4O4S/c1-2-22(14-8-6-13(19)7-9-14)16(24)11-28-18-21-20-17(27-18)12-4-3-5-15(10-12)23(25)26/h3-10H,2,11H2,1H3. The van der Waals surface area contributed by atoms with Gasteiger partial charge in [0.15, 0.2) is 0 Å². The highest BCUT2D eigenvalue weighted by molar-refractivity contribution is 7.99. The summed E-state index contributed by atoms with van der Waals surface area (Å²) in [6.07, 6.45) is 0. The summed E-state index contributed by atoms with van der Waals surface area (Å²) < 4.78 is 18.6. The predicted molar refractivity (Wildman–Crippen MR) is 102 cm³/mol. The number of amides is 1. The van der Waals surface area contributed by atoms with Gasteiger partial charge in [0.05, 0.1) is 10.7 Å². The summed E-state index contributed by atoms with van der Waals surface area (Å²) >= 11 is 1.06. The van der Waals surface area contributed by atoms with Crippen molar-refractivity contribution in [2.75, 3.05) is 17.2 Å². The van der Waals surface area contributed by atoms with Crippen molar-refractivity contribution < 1.29 is 18.5 Å². The van der Waals surface area contributed by atoms with Crippen molar-refractivity contribution in [3.05, 3.63) is 64.5 Å². The molecule has 144 valence electrons. The zero-order chi connectivity index (χ0) is 20.1. The number of nitro benzene ring substituents is 1. The van der Waals surface area contributed by atoms with Gasteiger partial charge >= 0.3 is 0 Å². The largest absolute Gasteiger partial charge is 0.411 e. The molecule has 3 aromatic rings. The molecule has 0 radical (unpaired) electrons. The van der Waals surface area contributed by atoms with Gasteiger partial charge in [0.1, 0.15) is 5.82 Å². The topological polar surface area (TPSA) is 102 Å². The number of aromatic nitrogens is 2. The molecule has 0 aliphatic carbocycles. The van der Waals surface area contributed by atoms with E-state index in [4.69, 9.17) is 4.42 Å².